The SMILES string of the molecule is Cc1nc(C)c(C(=O)N2[C@@H]3CC[C@@H]2c2cnc(N4CCOCC4)nc2C3)s1. The van der Waals surface area contributed by atoms with Gasteiger partial charge in [-0.15, -0.1) is 11.3 Å². The standard InChI is InChI=1S/C19H23N5O2S/c1-11-17(27-12(2)21-11)18(25)24-13-3-4-16(24)14-10-20-19(22-15(14)9-13)23-5-7-26-8-6-23/h10,13,16H,3-9H2,1-2H3/t13-,16-/m1/s1. The van der Waals surface area contributed by atoms with Crippen molar-refractivity contribution in [1.82, 2.24) is 19.9 Å². The molecule has 7 nitrogen and oxygen atoms in total. The number of morpholine rings is 1. The van der Waals surface area contributed by atoms with E-state index >= 15 is 0 Å². The lowest BCUT2D eigenvalue weighted by Crippen LogP contribution is -2.43. The maximum absolute atomic E-state index is 13.3. The van der Waals surface area contributed by atoms with Crippen molar-refractivity contribution in [3.63, 3.8) is 0 Å². The summed E-state index contributed by atoms with van der Waals surface area (Å²) in [7, 11) is 0. The van der Waals surface area contributed by atoms with E-state index < -0.39 is 0 Å². The second kappa shape index (κ2) is 6.53. The van der Waals surface area contributed by atoms with E-state index in [1.165, 1.54) is 11.3 Å². The van der Waals surface area contributed by atoms with Crippen molar-refractivity contribution in [2.45, 2.75) is 45.2 Å². The zero-order valence-corrected chi connectivity index (χ0v) is 16.5. The van der Waals surface area contributed by atoms with Gasteiger partial charge >= 0.3 is 0 Å². The highest BCUT2D eigenvalue weighted by molar-refractivity contribution is 7.13. The van der Waals surface area contributed by atoms with Crippen molar-refractivity contribution in [3.05, 3.63) is 33.0 Å². The van der Waals surface area contributed by atoms with E-state index in [2.05, 4.69) is 19.8 Å². The first-order valence-corrected chi connectivity index (χ1v) is 10.4. The Morgan fingerprint density at radius 1 is 1.22 bits per heavy atom. The van der Waals surface area contributed by atoms with Crippen LogP contribution in [-0.2, 0) is 11.2 Å². The van der Waals surface area contributed by atoms with E-state index in [4.69, 9.17) is 9.72 Å². The Kier molecular flexibility index (Phi) is 4.12. The number of aryl methyl sites for hydroxylation is 2. The van der Waals surface area contributed by atoms with E-state index in [-0.39, 0.29) is 18.0 Å². The third kappa shape index (κ3) is 2.82. The number of amides is 1. The lowest BCUT2D eigenvalue weighted by molar-refractivity contribution is 0.0648. The second-order valence-corrected chi connectivity index (χ2v) is 8.69. The van der Waals surface area contributed by atoms with Gasteiger partial charge in [0.2, 0.25) is 5.95 Å². The van der Waals surface area contributed by atoms with Crippen LogP contribution in [0.4, 0.5) is 5.95 Å². The zero-order chi connectivity index (χ0) is 18.5. The highest BCUT2D eigenvalue weighted by Gasteiger charge is 2.44. The molecule has 8 heteroatoms. The van der Waals surface area contributed by atoms with Gasteiger partial charge in [0.15, 0.2) is 0 Å². The van der Waals surface area contributed by atoms with Crippen LogP contribution in [0.5, 0.6) is 0 Å². The van der Waals surface area contributed by atoms with Crippen molar-refractivity contribution in [3.8, 4) is 0 Å². The molecule has 27 heavy (non-hydrogen) atoms. The molecule has 5 heterocycles. The van der Waals surface area contributed by atoms with Crippen LogP contribution in [0.25, 0.3) is 0 Å². The van der Waals surface area contributed by atoms with Crippen molar-refractivity contribution >= 4 is 23.2 Å². The van der Waals surface area contributed by atoms with Crippen molar-refractivity contribution in [1.29, 1.82) is 0 Å². The van der Waals surface area contributed by atoms with Crippen molar-refractivity contribution < 1.29 is 9.53 Å². The fraction of sp³-hybridized carbons (Fsp3) is 0.579. The summed E-state index contributed by atoms with van der Waals surface area (Å²) >= 11 is 1.50. The van der Waals surface area contributed by atoms with Crippen LogP contribution >= 0.6 is 11.3 Å². The van der Waals surface area contributed by atoms with Gasteiger partial charge in [-0.3, -0.25) is 4.79 Å². The average molecular weight is 385 g/mol. The van der Waals surface area contributed by atoms with E-state index in [1.54, 1.807) is 0 Å². The Morgan fingerprint density at radius 3 is 2.78 bits per heavy atom. The van der Waals surface area contributed by atoms with Crippen LogP contribution < -0.4 is 4.90 Å². The summed E-state index contributed by atoms with van der Waals surface area (Å²) in [6.07, 6.45) is 4.77. The number of rotatable bonds is 2. The fourth-order valence-electron chi connectivity index (χ4n) is 4.54. The molecule has 2 bridgehead atoms. The van der Waals surface area contributed by atoms with Crippen LogP contribution in [0.3, 0.4) is 0 Å². The first kappa shape index (κ1) is 17.1. The first-order chi connectivity index (χ1) is 13.1. The molecule has 2 saturated heterocycles. The number of aromatic nitrogens is 3. The number of anilines is 1. The van der Waals surface area contributed by atoms with Crippen LogP contribution in [0.2, 0.25) is 0 Å². The molecule has 3 aliphatic heterocycles. The lowest BCUT2D eigenvalue weighted by atomic mass is 9.99. The summed E-state index contributed by atoms with van der Waals surface area (Å²) in [4.78, 5) is 32.2. The predicted molar refractivity (Wildman–Crippen MR) is 102 cm³/mol. The lowest BCUT2D eigenvalue weighted by Gasteiger charge is -2.36. The van der Waals surface area contributed by atoms with Gasteiger partial charge in [0, 0.05) is 37.3 Å². The minimum Gasteiger partial charge on any atom is -0.378 e. The quantitative estimate of drug-likeness (QED) is 0.790. The summed E-state index contributed by atoms with van der Waals surface area (Å²) in [6, 6.07) is 0.316. The number of hydrogen-bond acceptors (Lipinski definition) is 7. The molecule has 1 amide bonds. The molecule has 0 N–H and O–H groups in total. The Bertz CT molecular complexity index is 892. The number of ether oxygens (including phenoxy) is 1. The average Bonchev–Trinajstić information content (AvgIpc) is 3.19. The second-order valence-electron chi connectivity index (χ2n) is 7.48. The number of carbonyl (C=O) groups excluding carboxylic acids is 1. The van der Waals surface area contributed by atoms with E-state index in [0.29, 0.717) is 0 Å². The topological polar surface area (TPSA) is 71.5 Å². The fourth-order valence-corrected chi connectivity index (χ4v) is 5.40. The van der Waals surface area contributed by atoms with Gasteiger partial charge in [0.05, 0.1) is 35.7 Å². The molecule has 3 aliphatic rings. The Morgan fingerprint density at radius 2 is 2.04 bits per heavy atom. The van der Waals surface area contributed by atoms with Gasteiger partial charge in [-0.2, -0.15) is 0 Å². The molecule has 0 aliphatic carbocycles. The van der Waals surface area contributed by atoms with E-state index in [1.807, 2.05) is 20.0 Å². The summed E-state index contributed by atoms with van der Waals surface area (Å²) in [6.45, 7) is 6.99. The highest BCUT2D eigenvalue weighted by atomic mass is 32.1. The smallest absolute Gasteiger partial charge is 0.266 e. The third-order valence-corrected chi connectivity index (χ3v) is 6.86. The molecular weight excluding hydrogens is 362 g/mol. The molecule has 142 valence electrons. The number of thiazole rings is 1. The highest BCUT2D eigenvalue weighted by Crippen LogP contribution is 2.44. The summed E-state index contributed by atoms with van der Waals surface area (Å²) < 4.78 is 5.43. The van der Waals surface area contributed by atoms with Crippen molar-refractivity contribution in [2.24, 2.45) is 0 Å². The maximum Gasteiger partial charge on any atom is 0.266 e. The molecule has 5 rings (SSSR count). The molecule has 2 aromatic heterocycles. The van der Waals surface area contributed by atoms with Gasteiger partial charge in [-0.05, 0) is 26.7 Å². The number of carbonyl (C=O) groups is 1. The van der Waals surface area contributed by atoms with E-state index in [9.17, 15) is 4.79 Å². The minimum atomic E-state index is 0.0896. The third-order valence-electron chi connectivity index (χ3n) is 5.80. The molecule has 0 radical (unpaired) electrons. The number of fused-ring (bicyclic) bond motifs is 4. The van der Waals surface area contributed by atoms with Crippen LogP contribution in [0, 0.1) is 13.8 Å². The van der Waals surface area contributed by atoms with Gasteiger partial charge in [0.25, 0.3) is 5.91 Å². The monoisotopic (exact) mass is 385 g/mol. The molecule has 0 unspecified atom stereocenters. The summed E-state index contributed by atoms with van der Waals surface area (Å²) in [5.74, 6) is 0.915. The number of hydrogen-bond donors (Lipinski definition) is 0. The van der Waals surface area contributed by atoms with Crippen LogP contribution in [0.15, 0.2) is 6.20 Å². The molecule has 2 atom stereocenters. The van der Waals surface area contributed by atoms with Crippen molar-refractivity contribution in [2.75, 3.05) is 31.2 Å². The Balaban J connectivity index is 1.45. The predicted octanol–water partition coefficient (Wildman–Crippen LogP) is 2.29. The molecule has 0 saturated carbocycles. The normalized spacial score (nSPS) is 24.2. The van der Waals surface area contributed by atoms with Crippen LogP contribution in [-0.4, -0.2) is 58.1 Å². The number of nitrogens with zero attached hydrogens (tertiary/aromatic N) is 5. The van der Waals surface area contributed by atoms with Gasteiger partial charge in [-0.25, -0.2) is 15.0 Å². The molecular formula is C19H23N5O2S. The molecule has 2 fully saturated rings. The molecule has 2 aromatic rings. The summed E-state index contributed by atoms with van der Waals surface area (Å²) in [5.41, 5.74) is 3.07. The van der Waals surface area contributed by atoms with Crippen LogP contribution in [0.1, 0.15) is 50.5 Å². The Labute approximate surface area is 162 Å². The van der Waals surface area contributed by atoms with E-state index in [0.717, 1.165) is 78.4 Å². The summed E-state index contributed by atoms with van der Waals surface area (Å²) in [5, 5.41) is 0.944. The first-order valence-electron chi connectivity index (χ1n) is 9.57. The largest absolute Gasteiger partial charge is 0.378 e. The van der Waals surface area contributed by atoms with Gasteiger partial charge in [-0.1, -0.05) is 0 Å². The maximum atomic E-state index is 13.3. The minimum absolute atomic E-state index is 0.0896. The van der Waals surface area contributed by atoms with Gasteiger partial charge in [0.1, 0.15) is 4.88 Å². The Hall–Kier alpha value is -2.06. The zero-order valence-electron chi connectivity index (χ0n) is 15.6. The van der Waals surface area contributed by atoms with Gasteiger partial charge < -0.3 is 14.5 Å². The molecule has 0 spiro atoms. The molecule has 0 aromatic carbocycles.